The summed E-state index contributed by atoms with van der Waals surface area (Å²) in [5, 5.41) is 0.467. The van der Waals surface area contributed by atoms with Gasteiger partial charge in [-0.3, -0.25) is 0 Å². The molecule has 1 aromatic heterocycles. The molecule has 0 aliphatic carbocycles. The first kappa shape index (κ1) is 15.1. The molecule has 2 heterocycles. The predicted octanol–water partition coefficient (Wildman–Crippen LogP) is 2.56. The van der Waals surface area contributed by atoms with Crippen LogP contribution in [0.15, 0.2) is 30.3 Å². The van der Waals surface area contributed by atoms with Crippen molar-refractivity contribution in [2.45, 2.75) is 0 Å². The summed E-state index contributed by atoms with van der Waals surface area (Å²) in [6, 6.07) is 9.51. The third-order valence-corrected chi connectivity index (χ3v) is 4.05. The van der Waals surface area contributed by atoms with Crippen LogP contribution in [0, 0.1) is 0 Å². The molecule has 6 heteroatoms. The normalized spacial score (nSPS) is 15.9. The number of ether oxygens (including phenoxy) is 1. The number of anilines is 1. The Hall–Kier alpha value is -1.85. The van der Waals surface area contributed by atoms with E-state index in [1.807, 2.05) is 30.3 Å². The average molecular weight is 319 g/mol. The Kier molecular flexibility index (Phi) is 4.45. The van der Waals surface area contributed by atoms with Crippen LogP contribution in [0.5, 0.6) is 5.75 Å². The van der Waals surface area contributed by atoms with Crippen molar-refractivity contribution in [2.75, 3.05) is 45.2 Å². The predicted molar refractivity (Wildman–Crippen MR) is 88.7 cm³/mol. The molecule has 0 amide bonds. The van der Waals surface area contributed by atoms with Gasteiger partial charge >= 0.3 is 0 Å². The number of methoxy groups -OCH3 is 1. The molecule has 22 heavy (non-hydrogen) atoms. The molecule has 1 saturated heterocycles. The minimum Gasteiger partial charge on any atom is -0.497 e. The van der Waals surface area contributed by atoms with Crippen LogP contribution in [0.2, 0.25) is 5.15 Å². The third-order valence-electron chi connectivity index (χ3n) is 3.86. The van der Waals surface area contributed by atoms with Gasteiger partial charge in [0.15, 0.2) is 5.82 Å². The lowest BCUT2D eigenvalue weighted by atomic mass is 10.2. The van der Waals surface area contributed by atoms with Gasteiger partial charge < -0.3 is 14.5 Å². The lowest BCUT2D eigenvalue weighted by molar-refractivity contribution is 0.312. The van der Waals surface area contributed by atoms with Crippen molar-refractivity contribution in [3.8, 4) is 17.1 Å². The minimum atomic E-state index is 0.467. The van der Waals surface area contributed by atoms with E-state index in [-0.39, 0.29) is 0 Å². The van der Waals surface area contributed by atoms with Gasteiger partial charge in [0.05, 0.1) is 7.11 Å². The molecule has 1 aliphatic heterocycles. The minimum absolute atomic E-state index is 0.467. The molecule has 0 spiro atoms. The highest BCUT2D eigenvalue weighted by Crippen LogP contribution is 2.24. The second kappa shape index (κ2) is 6.50. The highest BCUT2D eigenvalue weighted by molar-refractivity contribution is 6.29. The van der Waals surface area contributed by atoms with Crippen LogP contribution in [-0.4, -0.2) is 55.2 Å². The number of hydrogen-bond acceptors (Lipinski definition) is 5. The first-order valence-electron chi connectivity index (χ1n) is 7.28. The summed E-state index contributed by atoms with van der Waals surface area (Å²) < 4.78 is 5.18. The lowest BCUT2D eigenvalue weighted by Crippen LogP contribution is -2.44. The first-order chi connectivity index (χ1) is 10.7. The Balaban J connectivity index is 1.88. The zero-order valence-electron chi connectivity index (χ0n) is 12.8. The zero-order chi connectivity index (χ0) is 15.5. The molecule has 3 rings (SSSR count). The van der Waals surface area contributed by atoms with E-state index in [4.69, 9.17) is 16.3 Å². The molecule has 1 aromatic carbocycles. The maximum absolute atomic E-state index is 6.19. The fourth-order valence-corrected chi connectivity index (χ4v) is 2.65. The number of halogens is 1. The second-order valence-electron chi connectivity index (χ2n) is 5.39. The van der Waals surface area contributed by atoms with Crippen molar-refractivity contribution in [1.82, 2.24) is 14.9 Å². The number of hydrogen-bond donors (Lipinski definition) is 0. The van der Waals surface area contributed by atoms with E-state index in [2.05, 4.69) is 26.8 Å². The van der Waals surface area contributed by atoms with Gasteiger partial charge in [-0.1, -0.05) is 11.6 Å². The number of piperazine rings is 1. The lowest BCUT2D eigenvalue weighted by Gasteiger charge is -2.33. The van der Waals surface area contributed by atoms with Crippen molar-refractivity contribution < 1.29 is 4.74 Å². The van der Waals surface area contributed by atoms with Crippen LogP contribution in [0.4, 0.5) is 5.82 Å². The third kappa shape index (κ3) is 3.31. The quantitative estimate of drug-likeness (QED) is 0.814. The Morgan fingerprint density at radius 1 is 1.05 bits per heavy atom. The van der Waals surface area contributed by atoms with E-state index in [9.17, 15) is 0 Å². The number of nitrogens with zero attached hydrogens (tertiary/aromatic N) is 4. The molecule has 1 aliphatic rings. The van der Waals surface area contributed by atoms with E-state index in [1.54, 1.807) is 7.11 Å². The first-order valence-corrected chi connectivity index (χ1v) is 7.66. The summed E-state index contributed by atoms with van der Waals surface area (Å²) >= 11 is 6.19. The Bertz CT molecular complexity index is 639. The van der Waals surface area contributed by atoms with Gasteiger partial charge in [0, 0.05) is 37.8 Å². The summed E-state index contributed by atoms with van der Waals surface area (Å²) in [4.78, 5) is 13.6. The summed E-state index contributed by atoms with van der Waals surface area (Å²) in [5.41, 5.74) is 0.929. The van der Waals surface area contributed by atoms with Crippen molar-refractivity contribution in [1.29, 1.82) is 0 Å². The topological polar surface area (TPSA) is 41.5 Å². The summed E-state index contributed by atoms with van der Waals surface area (Å²) in [6.45, 7) is 3.96. The second-order valence-corrected chi connectivity index (χ2v) is 5.78. The maximum Gasteiger partial charge on any atom is 0.163 e. The molecule has 0 bridgehead atoms. The van der Waals surface area contributed by atoms with Crippen LogP contribution in [0.25, 0.3) is 11.4 Å². The molecule has 0 unspecified atom stereocenters. The van der Waals surface area contributed by atoms with Gasteiger partial charge in [-0.05, 0) is 31.3 Å². The van der Waals surface area contributed by atoms with Gasteiger partial charge in [-0.2, -0.15) is 0 Å². The highest BCUT2D eigenvalue weighted by atomic mass is 35.5. The van der Waals surface area contributed by atoms with Gasteiger partial charge in [0.2, 0.25) is 0 Å². The molecular weight excluding hydrogens is 300 g/mol. The van der Waals surface area contributed by atoms with Crippen LogP contribution in [-0.2, 0) is 0 Å². The Morgan fingerprint density at radius 3 is 2.36 bits per heavy atom. The van der Waals surface area contributed by atoms with Gasteiger partial charge in [-0.15, -0.1) is 0 Å². The SMILES string of the molecule is COc1ccc(-c2nc(Cl)cc(N3CCN(C)CC3)n2)cc1. The molecular formula is C16H19ClN4O. The summed E-state index contributed by atoms with van der Waals surface area (Å²) in [5.74, 6) is 2.34. The van der Waals surface area contributed by atoms with Gasteiger partial charge in [0.25, 0.3) is 0 Å². The number of rotatable bonds is 3. The molecule has 5 nitrogen and oxygen atoms in total. The van der Waals surface area contributed by atoms with Crippen LogP contribution < -0.4 is 9.64 Å². The smallest absolute Gasteiger partial charge is 0.163 e. The van der Waals surface area contributed by atoms with E-state index < -0.39 is 0 Å². The van der Waals surface area contributed by atoms with Crippen LogP contribution in [0.3, 0.4) is 0 Å². The van der Waals surface area contributed by atoms with Crippen molar-refractivity contribution >= 4 is 17.4 Å². The van der Waals surface area contributed by atoms with Crippen LogP contribution >= 0.6 is 11.6 Å². The summed E-state index contributed by atoms with van der Waals surface area (Å²) in [7, 11) is 3.78. The van der Waals surface area contributed by atoms with E-state index >= 15 is 0 Å². The van der Waals surface area contributed by atoms with Crippen molar-refractivity contribution in [3.05, 3.63) is 35.5 Å². The van der Waals surface area contributed by atoms with Crippen LogP contribution in [0.1, 0.15) is 0 Å². The number of aromatic nitrogens is 2. The highest BCUT2D eigenvalue weighted by Gasteiger charge is 2.17. The molecule has 0 atom stereocenters. The van der Waals surface area contributed by atoms with E-state index in [1.165, 1.54) is 0 Å². The van der Waals surface area contributed by atoms with Crippen molar-refractivity contribution in [3.63, 3.8) is 0 Å². The average Bonchev–Trinajstić information content (AvgIpc) is 2.55. The molecule has 0 saturated carbocycles. The fraction of sp³-hybridized carbons (Fsp3) is 0.375. The van der Waals surface area contributed by atoms with E-state index in [0.29, 0.717) is 11.0 Å². The molecule has 2 aromatic rings. The Labute approximate surface area is 135 Å². The molecule has 0 radical (unpaired) electrons. The van der Waals surface area contributed by atoms with Gasteiger partial charge in [0.1, 0.15) is 16.7 Å². The van der Waals surface area contributed by atoms with Crippen molar-refractivity contribution in [2.24, 2.45) is 0 Å². The maximum atomic E-state index is 6.19. The Morgan fingerprint density at radius 2 is 1.73 bits per heavy atom. The van der Waals surface area contributed by atoms with E-state index in [0.717, 1.165) is 43.3 Å². The summed E-state index contributed by atoms with van der Waals surface area (Å²) in [6.07, 6.45) is 0. The molecule has 116 valence electrons. The monoisotopic (exact) mass is 318 g/mol. The fourth-order valence-electron chi connectivity index (χ4n) is 2.47. The largest absolute Gasteiger partial charge is 0.497 e. The standard InChI is InChI=1S/C16H19ClN4O/c1-20-7-9-21(10-8-20)15-11-14(17)18-16(19-15)12-3-5-13(22-2)6-4-12/h3-6,11H,7-10H2,1-2H3. The molecule has 1 fully saturated rings. The zero-order valence-corrected chi connectivity index (χ0v) is 13.5. The number of likely N-dealkylation sites (N-methyl/N-ethyl adjacent to an activating group) is 1. The number of benzene rings is 1. The molecule has 0 N–H and O–H groups in total. The van der Waals surface area contributed by atoms with Gasteiger partial charge in [-0.25, -0.2) is 9.97 Å².